The molecule has 0 heterocycles. The maximum atomic E-state index is 12.0. The Bertz CT molecular complexity index is 734. The van der Waals surface area contributed by atoms with E-state index in [1.54, 1.807) is 61.5 Å². The summed E-state index contributed by atoms with van der Waals surface area (Å²) in [4.78, 5) is 35.5. The molecule has 0 aliphatic rings. The maximum Gasteiger partial charge on any atom is 0.347 e. The lowest BCUT2D eigenvalue weighted by Crippen LogP contribution is -2.44. The van der Waals surface area contributed by atoms with Gasteiger partial charge in [-0.1, -0.05) is 43.3 Å². The number of esters is 1. The Balaban J connectivity index is 1.75. The van der Waals surface area contributed by atoms with Crippen LogP contribution in [0.4, 0.5) is 0 Å². The van der Waals surface area contributed by atoms with E-state index in [-0.39, 0.29) is 0 Å². The first-order chi connectivity index (χ1) is 12.6. The molecule has 136 valence electrons. The van der Waals surface area contributed by atoms with Gasteiger partial charge in [0, 0.05) is 5.56 Å². The minimum absolute atomic E-state index is 0.389. The molecule has 0 unspecified atom stereocenters. The Morgan fingerprint density at radius 3 is 2.15 bits per heavy atom. The van der Waals surface area contributed by atoms with Gasteiger partial charge in [-0.3, -0.25) is 20.4 Å². The van der Waals surface area contributed by atoms with Crippen LogP contribution in [0.5, 0.6) is 5.75 Å². The molecule has 0 bridgehead atoms. The Morgan fingerprint density at radius 2 is 1.54 bits per heavy atom. The smallest absolute Gasteiger partial charge is 0.347 e. The first-order valence-corrected chi connectivity index (χ1v) is 8.12. The quantitative estimate of drug-likeness (QED) is 0.583. The highest BCUT2D eigenvalue weighted by atomic mass is 16.6. The average molecular weight is 356 g/mol. The highest BCUT2D eigenvalue weighted by Gasteiger charge is 2.21. The third-order valence-corrected chi connectivity index (χ3v) is 3.35. The molecule has 0 radical (unpaired) electrons. The van der Waals surface area contributed by atoms with Crippen molar-refractivity contribution in [3.05, 3.63) is 66.2 Å². The van der Waals surface area contributed by atoms with Gasteiger partial charge in [-0.25, -0.2) is 4.79 Å². The number of ether oxygens (including phenoxy) is 2. The van der Waals surface area contributed by atoms with Crippen LogP contribution in [0.15, 0.2) is 60.7 Å². The van der Waals surface area contributed by atoms with Crippen molar-refractivity contribution in [2.75, 3.05) is 6.61 Å². The molecule has 2 amide bonds. The molecule has 0 saturated heterocycles. The van der Waals surface area contributed by atoms with Gasteiger partial charge in [0.2, 0.25) is 0 Å². The van der Waals surface area contributed by atoms with Gasteiger partial charge in [0.05, 0.1) is 0 Å². The second kappa shape index (κ2) is 9.83. The fourth-order valence-corrected chi connectivity index (χ4v) is 2.02. The molecule has 0 fully saturated rings. The van der Waals surface area contributed by atoms with Crippen molar-refractivity contribution >= 4 is 17.8 Å². The molecule has 0 aliphatic heterocycles. The van der Waals surface area contributed by atoms with Gasteiger partial charge in [0.15, 0.2) is 12.7 Å². The molecule has 0 aliphatic carbocycles. The molecule has 0 saturated carbocycles. The number of carbonyl (C=O) groups excluding carboxylic acids is 3. The Kier molecular flexibility index (Phi) is 7.17. The van der Waals surface area contributed by atoms with E-state index in [0.717, 1.165) is 0 Å². The van der Waals surface area contributed by atoms with Crippen molar-refractivity contribution in [2.24, 2.45) is 0 Å². The van der Waals surface area contributed by atoms with E-state index in [1.165, 1.54) is 0 Å². The summed E-state index contributed by atoms with van der Waals surface area (Å²) >= 11 is 0. The van der Waals surface area contributed by atoms with Gasteiger partial charge in [-0.15, -0.1) is 0 Å². The van der Waals surface area contributed by atoms with Crippen LogP contribution in [-0.4, -0.2) is 30.5 Å². The molecule has 7 heteroatoms. The van der Waals surface area contributed by atoms with E-state index in [9.17, 15) is 14.4 Å². The molecule has 0 spiro atoms. The van der Waals surface area contributed by atoms with Gasteiger partial charge >= 0.3 is 5.97 Å². The summed E-state index contributed by atoms with van der Waals surface area (Å²) in [5.41, 5.74) is 4.83. The zero-order valence-corrected chi connectivity index (χ0v) is 14.3. The summed E-state index contributed by atoms with van der Waals surface area (Å²) in [6.07, 6.45) is -0.427. The molecular weight excluding hydrogens is 336 g/mol. The number of benzene rings is 2. The predicted molar refractivity (Wildman–Crippen MR) is 94.2 cm³/mol. The Labute approximate surface area is 151 Å². The second-order valence-corrected chi connectivity index (χ2v) is 5.30. The molecule has 2 aromatic rings. The van der Waals surface area contributed by atoms with Crippen LogP contribution in [0.25, 0.3) is 0 Å². The standard InChI is InChI=1S/C19H20N2O5/c1-2-16(26-15-11-7-4-8-12-15)19(24)25-13-17(22)20-21-18(23)14-9-5-3-6-10-14/h3-12,16H,2,13H2,1H3,(H,20,22)(H,21,23)/t16-/m1/s1. The van der Waals surface area contributed by atoms with Crippen molar-refractivity contribution < 1.29 is 23.9 Å². The van der Waals surface area contributed by atoms with Gasteiger partial charge < -0.3 is 9.47 Å². The zero-order valence-electron chi connectivity index (χ0n) is 14.3. The number of hydrazine groups is 1. The number of nitrogens with one attached hydrogen (secondary N) is 2. The lowest BCUT2D eigenvalue weighted by atomic mass is 10.2. The highest BCUT2D eigenvalue weighted by molar-refractivity contribution is 5.95. The fraction of sp³-hybridized carbons (Fsp3) is 0.211. The van der Waals surface area contributed by atoms with Crippen LogP contribution in [0, 0.1) is 0 Å². The number of amides is 2. The number of carbonyl (C=O) groups is 3. The van der Waals surface area contributed by atoms with Gasteiger partial charge in [0.25, 0.3) is 11.8 Å². The minimum Gasteiger partial charge on any atom is -0.479 e. The molecule has 1 atom stereocenters. The third-order valence-electron chi connectivity index (χ3n) is 3.35. The summed E-state index contributed by atoms with van der Waals surface area (Å²) in [5.74, 6) is -1.24. The number of para-hydroxylation sites is 1. The van der Waals surface area contributed by atoms with Crippen molar-refractivity contribution in [2.45, 2.75) is 19.4 Å². The number of hydrogen-bond acceptors (Lipinski definition) is 5. The lowest BCUT2D eigenvalue weighted by Gasteiger charge is -2.16. The lowest BCUT2D eigenvalue weighted by molar-refractivity contribution is -0.155. The van der Waals surface area contributed by atoms with Gasteiger partial charge in [-0.05, 0) is 30.7 Å². The van der Waals surface area contributed by atoms with Crippen molar-refractivity contribution in [3.8, 4) is 5.75 Å². The Hall–Kier alpha value is -3.35. The van der Waals surface area contributed by atoms with Crippen molar-refractivity contribution in [3.63, 3.8) is 0 Å². The summed E-state index contributed by atoms with van der Waals surface area (Å²) in [7, 11) is 0. The maximum absolute atomic E-state index is 12.0. The fourth-order valence-electron chi connectivity index (χ4n) is 2.02. The highest BCUT2D eigenvalue weighted by Crippen LogP contribution is 2.13. The summed E-state index contributed by atoms with van der Waals surface area (Å²) in [5, 5.41) is 0. The molecule has 2 N–H and O–H groups in total. The topological polar surface area (TPSA) is 93.7 Å². The van der Waals surface area contributed by atoms with E-state index in [1.807, 2.05) is 6.07 Å². The normalized spacial score (nSPS) is 11.1. The molecule has 0 aromatic heterocycles. The predicted octanol–water partition coefficient (Wildman–Crippen LogP) is 1.85. The molecule has 26 heavy (non-hydrogen) atoms. The van der Waals surface area contributed by atoms with Gasteiger partial charge in [0.1, 0.15) is 5.75 Å². The van der Waals surface area contributed by atoms with Crippen LogP contribution in [0.1, 0.15) is 23.7 Å². The molecule has 2 rings (SSSR count). The summed E-state index contributed by atoms with van der Waals surface area (Å²) < 4.78 is 10.5. The third kappa shape index (κ3) is 5.94. The summed E-state index contributed by atoms with van der Waals surface area (Å²) in [6, 6.07) is 17.3. The van der Waals surface area contributed by atoms with Crippen LogP contribution >= 0.6 is 0 Å². The SMILES string of the molecule is CC[C@@H](Oc1ccccc1)C(=O)OCC(=O)NNC(=O)c1ccccc1. The first kappa shape index (κ1) is 19.0. The van der Waals surface area contributed by atoms with E-state index in [2.05, 4.69) is 10.9 Å². The molecule has 2 aromatic carbocycles. The van der Waals surface area contributed by atoms with E-state index in [0.29, 0.717) is 17.7 Å². The largest absolute Gasteiger partial charge is 0.479 e. The van der Waals surface area contributed by atoms with Crippen LogP contribution in [0.2, 0.25) is 0 Å². The molecular formula is C19H20N2O5. The van der Waals surface area contributed by atoms with E-state index in [4.69, 9.17) is 9.47 Å². The van der Waals surface area contributed by atoms with Crippen molar-refractivity contribution in [1.82, 2.24) is 10.9 Å². The Morgan fingerprint density at radius 1 is 0.923 bits per heavy atom. The van der Waals surface area contributed by atoms with E-state index >= 15 is 0 Å². The monoisotopic (exact) mass is 356 g/mol. The van der Waals surface area contributed by atoms with E-state index < -0.39 is 30.5 Å². The van der Waals surface area contributed by atoms with Gasteiger partial charge in [-0.2, -0.15) is 0 Å². The zero-order chi connectivity index (χ0) is 18.8. The van der Waals surface area contributed by atoms with Crippen LogP contribution in [-0.2, 0) is 14.3 Å². The van der Waals surface area contributed by atoms with Crippen molar-refractivity contribution in [1.29, 1.82) is 0 Å². The number of hydrogen-bond donors (Lipinski definition) is 2. The molecule has 7 nitrogen and oxygen atoms in total. The minimum atomic E-state index is -0.816. The average Bonchev–Trinajstić information content (AvgIpc) is 2.69. The first-order valence-electron chi connectivity index (χ1n) is 8.12. The summed E-state index contributed by atoms with van der Waals surface area (Å²) in [6.45, 7) is 1.25. The van der Waals surface area contributed by atoms with Crippen LogP contribution < -0.4 is 15.6 Å². The number of rotatable bonds is 7. The van der Waals surface area contributed by atoms with Crippen LogP contribution in [0.3, 0.4) is 0 Å². The second-order valence-electron chi connectivity index (χ2n) is 5.30.